The van der Waals surface area contributed by atoms with E-state index in [1.807, 2.05) is 34.6 Å². The van der Waals surface area contributed by atoms with Crippen LogP contribution in [0, 0.1) is 36.5 Å². The summed E-state index contributed by atoms with van der Waals surface area (Å²) in [6.07, 6.45) is 2.69. The number of carbonyl (C=O) groups excluding carboxylic acids is 3. The average Bonchev–Trinajstić information content (AvgIpc) is 3.20. The lowest BCUT2D eigenvalue weighted by molar-refractivity contribution is -0.547. The predicted molar refractivity (Wildman–Crippen MR) is 161 cm³/mol. The topological polar surface area (TPSA) is 132 Å². The summed E-state index contributed by atoms with van der Waals surface area (Å²) in [6.45, 7) is 11.9. The molecule has 12 heteroatoms. The van der Waals surface area contributed by atoms with Gasteiger partial charge in [0.25, 0.3) is 0 Å². The first-order chi connectivity index (χ1) is 20.7. The van der Waals surface area contributed by atoms with E-state index in [0.29, 0.717) is 18.9 Å². The molecule has 1 spiro atoms. The molecule has 0 aromatic heterocycles. The molecule has 1 aromatic rings. The molecule has 1 N–H and O–H groups in total. The van der Waals surface area contributed by atoms with Gasteiger partial charge in [-0.05, 0) is 63.0 Å². The lowest BCUT2D eigenvalue weighted by atomic mass is 9.57. The minimum atomic E-state index is -3.74. The number of nitrogens with zero attached hydrogens (tertiary/aromatic N) is 2. The van der Waals surface area contributed by atoms with Crippen molar-refractivity contribution in [3.05, 3.63) is 29.8 Å². The van der Waals surface area contributed by atoms with Gasteiger partial charge in [0.1, 0.15) is 5.88 Å². The number of likely N-dealkylation sites (tertiary alicyclic amines) is 1. The molecular formula is C32H47N3O8S. The number of fused-ring (bicyclic) bond motifs is 2. The molecule has 4 heterocycles. The van der Waals surface area contributed by atoms with Crippen molar-refractivity contribution in [1.29, 1.82) is 0 Å². The van der Waals surface area contributed by atoms with Crippen molar-refractivity contribution in [2.75, 3.05) is 25.5 Å². The summed E-state index contributed by atoms with van der Waals surface area (Å²) in [4.78, 5) is 55.7. The Balaban J connectivity index is 1.28. The van der Waals surface area contributed by atoms with Gasteiger partial charge in [0.2, 0.25) is 23.5 Å². The van der Waals surface area contributed by atoms with Gasteiger partial charge in [-0.1, -0.05) is 45.4 Å². The third kappa shape index (κ3) is 6.15. The quantitative estimate of drug-likeness (QED) is 0.388. The molecule has 0 radical (unpaired) electrons. The smallest absolute Gasteiger partial charge is 0.240 e. The van der Waals surface area contributed by atoms with Crippen molar-refractivity contribution in [3.63, 3.8) is 0 Å². The van der Waals surface area contributed by atoms with E-state index in [0.717, 1.165) is 24.8 Å². The molecule has 3 amide bonds. The molecule has 2 bridgehead atoms. The third-order valence-corrected chi connectivity index (χ3v) is 11.6. The average molecular weight is 634 g/mol. The molecule has 244 valence electrons. The number of rotatable bonds is 10. The van der Waals surface area contributed by atoms with E-state index in [-0.39, 0.29) is 59.9 Å². The fourth-order valence-corrected chi connectivity index (χ4v) is 8.75. The van der Waals surface area contributed by atoms with Crippen LogP contribution in [-0.2, 0) is 38.7 Å². The Morgan fingerprint density at radius 2 is 1.80 bits per heavy atom. The van der Waals surface area contributed by atoms with E-state index in [4.69, 9.17) is 14.5 Å². The number of sulfone groups is 1. The number of piperidine rings is 1. The molecule has 11 nitrogen and oxygen atoms in total. The molecule has 1 aliphatic carbocycles. The van der Waals surface area contributed by atoms with Crippen molar-refractivity contribution >= 4 is 27.6 Å². The molecule has 44 heavy (non-hydrogen) atoms. The zero-order valence-electron chi connectivity index (χ0n) is 26.7. The summed E-state index contributed by atoms with van der Waals surface area (Å²) in [6, 6.07) is 6.41. The van der Waals surface area contributed by atoms with Crippen LogP contribution in [0.15, 0.2) is 29.2 Å². The molecule has 3 unspecified atom stereocenters. The molecule has 5 aliphatic rings. The highest BCUT2D eigenvalue weighted by Crippen LogP contribution is 2.60. The van der Waals surface area contributed by atoms with E-state index < -0.39 is 39.2 Å². The maximum atomic E-state index is 13.8. The van der Waals surface area contributed by atoms with Gasteiger partial charge in [-0.2, -0.15) is 0 Å². The maximum absolute atomic E-state index is 13.8. The Morgan fingerprint density at radius 1 is 1.09 bits per heavy atom. The Morgan fingerprint density at radius 3 is 2.48 bits per heavy atom. The van der Waals surface area contributed by atoms with Crippen molar-refractivity contribution in [2.24, 2.45) is 29.6 Å². The van der Waals surface area contributed by atoms with Crippen LogP contribution in [0.1, 0.15) is 72.3 Å². The fourth-order valence-electron chi connectivity index (χ4n) is 7.68. The van der Waals surface area contributed by atoms with Crippen molar-refractivity contribution < 1.29 is 37.3 Å². The second-order valence-electron chi connectivity index (χ2n) is 13.8. The highest BCUT2D eigenvalue weighted by atomic mass is 32.2. The van der Waals surface area contributed by atoms with Crippen LogP contribution in [0.2, 0.25) is 0 Å². The van der Waals surface area contributed by atoms with Gasteiger partial charge in [-0.3, -0.25) is 14.4 Å². The van der Waals surface area contributed by atoms with E-state index in [2.05, 4.69) is 12.2 Å². The Hall–Kier alpha value is -2.54. The molecular weight excluding hydrogens is 586 g/mol. The van der Waals surface area contributed by atoms with Gasteiger partial charge >= 0.3 is 0 Å². The first-order valence-corrected chi connectivity index (χ1v) is 17.5. The highest BCUT2D eigenvalue weighted by molar-refractivity contribution is 7.91. The second kappa shape index (κ2) is 12.3. The number of ether oxygens (including phenoxy) is 1. The third-order valence-electron chi connectivity index (χ3n) is 10.0. The Kier molecular flexibility index (Phi) is 9.21. The minimum Gasteiger partial charge on any atom is -0.340 e. The highest BCUT2D eigenvalue weighted by Gasteiger charge is 2.70. The van der Waals surface area contributed by atoms with Gasteiger partial charge in [-0.25, -0.2) is 18.2 Å². The van der Waals surface area contributed by atoms with E-state index >= 15 is 0 Å². The number of hydrogen-bond donors (Lipinski definition) is 1. The second-order valence-corrected chi connectivity index (χ2v) is 15.8. The largest absolute Gasteiger partial charge is 0.340 e. The minimum absolute atomic E-state index is 0.0154. The number of hydrogen-bond acceptors (Lipinski definition) is 8. The zero-order chi connectivity index (χ0) is 32.0. The Bertz CT molecular complexity index is 1370. The summed E-state index contributed by atoms with van der Waals surface area (Å²) in [7, 11) is -3.74. The molecule has 5 fully saturated rings. The fraction of sp³-hybridized carbons (Fsp3) is 0.719. The van der Waals surface area contributed by atoms with Crippen molar-refractivity contribution in [2.45, 2.75) is 96.2 Å². The predicted octanol–water partition coefficient (Wildman–Crippen LogP) is 3.41. The SMILES string of the molecule is Cc1ccc(S(=O)(=O)CNC(=O)CN(CC(C)C)C(=O)CCN2C(=O)[C@H](C)C3CC[C@H](C)C4CC[C@]5(C)OO[C@]43C2O5)cc1. The maximum Gasteiger partial charge on any atom is 0.240 e. The molecule has 7 atom stereocenters. The molecule has 6 rings (SSSR count). The van der Waals surface area contributed by atoms with Crippen LogP contribution >= 0.6 is 0 Å². The number of carbonyl (C=O) groups is 3. The lowest BCUT2D eigenvalue weighted by Crippen LogP contribution is -2.75. The van der Waals surface area contributed by atoms with Gasteiger partial charge < -0.3 is 19.9 Å². The van der Waals surface area contributed by atoms with Crippen LogP contribution in [0.3, 0.4) is 0 Å². The van der Waals surface area contributed by atoms with Crippen molar-refractivity contribution in [1.82, 2.24) is 15.1 Å². The van der Waals surface area contributed by atoms with Gasteiger partial charge in [0, 0.05) is 37.8 Å². The number of aryl methyl sites for hydroxylation is 1. The van der Waals surface area contributed by atoms with Crippen LogP contribution in [0.25, 0.3) is 0 Å². The number of nitrogens with one attached hydrogen (secondary N) is 1. The standard InChI is InChI=1S/C32H47N3O8S/c1-20(2)17-34(18-27(36)33-19-44(39,40)24-10-7-21(3)8-11-24)28(37)14-16-35-29(38)23(5)26-12-9-22(4)25-13-15-31(6)41-30(35)32(25,26)43-42-31/h7-8,10-11,20,22-23,25-26,30H,9,12-19H2,1-6H3,(H,33,36)/t22-,23+,25?,26?,30?,31-,32+/m0/s1. The van der Waals surface area contributed by atoms with E-state index in [1.165, 1.54) is 17.0 Å². The Labute approximate surface area is 260 Å². The van der Waals surface area contributed by atoms with Gasteiger partial charge in [0.15, 0.2) is 21.7 Å². The van der Waals surface area contributed by atoms with E-state index in [9.17, 15) is 22.8 Å². The monoisotopic (exact) mass is 633 g/mol. The number of amides is 3. The number of benzene rings is 1. The summed E-state index contributed by atoms with van der Waals surface area (Å²) in [5, 5.41) is 2.47. The summed E-state index contributed by atoms with van der Waals surface area (Å²) in [5.74, 6) is -2.26. The van der Waals surface area contributed by atoms with Crippen LogP contribution in [-0.4, -0.2) is 79.1 Å². The van der Waals surface area contributed by atoms with Crippen LogP contribution < -0.4 is 5.32 Å². The summed E-state index contributed by atoms with van der Waals surface area (Å²) < 4.78 is 32.0. The zero-order valence-corrected chi connectivity index (χ0v) is 27.5. The first kappa shape index (κ1) is 32.8. The van der Waals surface area contributed by atoms with Gasteiger partial charge in [0.05, 0.1) is 11.4 Å². The van der Waals surface area contributed by atoms with Crippen molar-refractivity contribution in [3.8, 4) is 0 Å². The van der Waals surface area contributed by atoms with Crippen LogP contribution in [0.5, 0.6) is 0 Å². The molecule has 1 aromatic carbocycles. The van der Waals surface area contributed by atoms with E-state index in [1.54, 1.807) is 17.0 Å². The van der Waals surface area contributed by atoms with Gasteiger partial charge in [-0.15, -0.1) is 0 Å². The summed E-state index contributed by atoms with van der Waals surface area (Å²) in [5.41, 5.74) is 0.127. The summed E-state index contributed by atoms with van der Waals surface area (Å²) >= 11 is 0. The first-order valence-electron chi connectivity index (χ1n) is 15.9. The molecule has 4 aliphatic heterocycles. The normalized spacial score (nSPS) is 33.1. The molecule has 4 saturated heterocycles. The lowest BCUT2D eigenvalue weighted by Gasteiger charge is -2.61. The van der Waals surface area contributed by atoms with Crippen LogP contribution in [0.4, 0.5) is 0 Å². The molecule has 1 saturated carbocycles.